The zero-order valence-electron chi connectivity index (χ0n) is 12.1. The molecule has 0 amide bonds. The minimum absolute atomic E-state index is 0.141. The average Bonchev–Trinajstić information content (AvgIpc) is 2.90. The molecule has 0 radical (unpaired) electrons. The lowest BCUT2D eigenvalue weighted by Crippen LogP contribution is -2.12. The number of aromatic nitrogens is 4. The van der Waals surface area contributed by atoms with Crippen LogP contribution < -0.4 is 4.74 Å². The van der Waals surface area contributed by atoms with Gasteiger partial charge in [-0.15, -0.1) is 5.10 Å². The van der Waals surface area contributed by atoms with Gasteiger partial charge in [0.25, 0.3) is 0 Å². The van der Waals surface area contributed by atoms with Gasteiger partial charge in [-0.3, -0.25) is 0 Å². The zero-order chi connectivity index (χ0) is 15.2. The van der Waals surface area contributed by atoms with E-state index in [1.807, 2.05) is 6.07 Å². The van der Waals surface area contributed by atoms with Gasteiger partial charge in [0.05, 0.1) is 33.1 Å². The van der Waals surface area contributed by atoms with Crippen LogP contribution in [0, 0.1) is 0 Å². The molecule has 8 nitrogen and oxygen atoms in total. The first-order chi connectivity index (χ1) is 10.2. The summed E-state index contributed by atoms with van der Waals surface area (Å²) in [6.45, 7) is 0.555. The van der Waals surface area contributed by atoms with Crippen LogP contribution >= 0.6 is 0 Å². The lowest BCUT2D eigenvalue weighted by atomic mass is 10.2. The van der Waals surface area contributed by atoms with Crippen molar-refractivity contribution in [1.82, 2.24) is 20.0 Å². The zero-order valence-corrected chi connectivity index (χ0v) is 12.1. The quantitative estimate of drug-likeness (QED) is 0.723. The number of nitrogens with zero attached hydrogens (tertiary/aromatic N) is 4. The second-order valence-corrected chi connectivity index (χ2v) is 4.14. The Morgan fingerprint density at radius 3 is 2.81 bits per heavy atom. The predicted molar refractivity (Wildman–Crippen MR) is 72.0 cm³/mol. The lowest BCUT2D eigenvalue weighted by molar-refractivity contribution is 0.0588. The summed E-state index contributed by atoms with van der Waals surface area (Å²) in [5, 5.41) is 7.83. The average molecular weight is 292 g/mol. The van der Waals surface area contributed by atoms with Crippen LogP contribution in [0.5, 0.6) is 5.88 Å². The van der Waals surface area contributed by atoms with Crippen molar-refractivity contribution in [3.8, 4) is 5.88 Å². The molecule has 0 N–H and O–H groups in total. The van der Waals surface area contributed by atoms with Crippen molar-refractivity contribution >= 4 is 5.97 Å². The van der Waals surface area contributed by atoms with E-state index >= 15 is 0 Å². The molecule has 112 valence electrons. The normalized spacial score (nSPS) is 10.4. The molecule has 0 saturated carbocycles. The van der Waals surface area contributed by atoms with Gasteiger partial charge in [-0.1, -0.05) is 11.3 Å². The summed E-state index contributed by atoms with van der Waals surface area (Å²) < 4.78 is 16.5. The molecular weight excluding hydrogens is 276 g/mol. The monoisotopic (exact) mass is 292 g/mol. The molecule has 0 fully saturated rings. The van der Waals surface area contributed by atoms with Crippen molar-refractivity contribution in [1.29, 1.82) is 0 Å². The largest absolute Gasteiger partial charge is 0.481 e. The van der Waals surface area contributed by atoms with Crippen molar-refractivity contribution < 1.29 is 19.0 Å². The summed E-state index contributed by atoms with van der Waals surface area (Å²) in [5.74, 6) is -0.0533. The minimum atomic E-state index is -0.550. The Hall–Kier alpha value is -2.48. The first-order valence-electron chi connectivity index (χ1n) is 6.18. The highest BCUT2D eigenvalue weighted by Crippen LogP contribution is 2.17. The smallest absolute Gasteiger partial charge is 0.360 e. The molecule has 2 rings (SSSR count). The number of esters is 1. The Kier molecular flexibility index (Phi) is 4.83. The lowest BCUT2D eigenvalue weighted by Gasteiger charge is -2.09. The highest BCUT2D eigenvalue weighted by atomic mass is 16.5. The van der Waals surface area contributed by atoms with E-state index in [1.165, 1.54) is 14.2 Å². The Bertz CT molecular complexity index is 626. The van der Waals surface area contributed by atoms with Crippen molar-refractivity contribution in [2.45, 2.75) is 13.2 Å². The number of hydrogen-bond donors (Lipinski definition) is 0. The summed E-state index contributed by atoms with van der Waals surface area (Å²) in [6, 6.07) is 3.66. The van der Waals surface area contributed by atoms with Crippen molar-refractivity contribution in [3.05, 3.63) is 35.3 Å². The van der Waals surface area contributed by atoms with Gasteiger partial charge in [0, 0.05) is 18.9 Å². The van der Waals surface area contributed by atoms with Gasteiger partial charge in [0.1, 0.15) is 0 Å². The van der Waals surface area contributed by atoms with Gasteiger partial charge in [0.15, 0.2) is 5.69 Å². The predicted octanol–water partition coefficient (Wildman–Crippen LogP) is 0.663. The molecule has 0 aromatic carbocycles. The fourth-order valence-corrected chi connectivity index (χ4v) is 1.88. The standard InChI is InChI=1S/C13H16N4O4/c1-19-8-10-11(13(18)21-3)15-16-17(10)7-9-5-4-6-14-12(9)20-2/h4-6H,7-8H2,1-3H3. The third-order valence-corrected chi connectivity index (χ3v) is 2.86. The molecule has 0 bridgehead atoms. The SMILES string of the molecule is COCc1c(C(=O)OC)nnn1Cc1cccnc1OC. The first kappa shape index (κ1) is 14.9. The van der Waals surface area contributed by atoms with E-state index in [9.17, 15) is 4.79 Å². The number of carbonyl (C=O) groups excluding carboxylic acids is 1. The molecule has 2 heterocycles. The van der Waals surface area contributed by atoms with Gasteiger partial charge in [-0.2, -0.15) is 0 Å². The Balaban J connectivity index is 2.35. The third-order valence-electron chi connectivity index (χ3n) is 2.86. The van der Waals surface area contributed by atoms with Gasteiger partial charge in [0.2, 0.25) is 5.88 Å². The topological polar surface area (TPSA) is 88.4 Å². The number of pyridine rings is 1. The molecule has 8 heteroatoms. The molecule has 0 spiro atoms. The van der Waals surface area contributed by atoms with Crippen LogP contribution in [0.15, 0.2) is 18.3 Å². The van der Waals surface area contributed by atoms with Crippen molar-refractivity contribution in [2.24, 2.45) is 0 Å². The molecule has 2 aromatic rings. The van der Waals surface area contributed by atoms with E-state index < -0.39 is 5.97 Å². The Morgan fingerprint density at radius 1 is 1.33 bits per heavy atom. The van der Waals surface area contributed by atoms with Gasteiger partial charge < -0.3 is 14.2 Å². The summed E-state index contributed by atoms with van der Waals surface area (Å²) >= 11 is 0. The molecule has 0 aliphatic carbocycles. The van der Waals surface area contributed by atoms with Gasteiger partial charge in [-0.25, -0.2) is 14.5 Å². The first-order valence-corrected chi connectivity index (χ1v) is 6.18. The fourth-order valence-electron chi connectivity index (χ4n) is 1.88. The van der Waals surface area contributed by atoms with Gasteiger partial charge in [-0.05, 0) is 6.07 Å². The minimum Gasteiger partial charge on any atom is -0.481 e. The molecule has 0 atom stereocenters. The Labute approximate surface area is 121 Å². The molecule has 0 unspecified atom stereocenters. The maximum atomic E-state index is 11.7. The second kappa shape index (κ2) is 6.80. The maximum Gasteiger partial charge on any atom is 0.360 e. The molecular formula is C13H16N4O4. The van der Waals surface area contributed by atoms with Crippen LogP contribution in [-0.2, 0) is 22.6 Å². The van der Waals surface area contributed by atoms with Crippen molar-refractivity contribution in [2.75, 3.05) is 21.3 Å². The van der Waals surface area contributed by atoms with Crippen LogP contribution in [0.2, 0.25) is 0 Å². The van der Waals surface area contributed by atoms with Crippen molar-refractivity contribution in [3.63, 3.8) is 0 Å². The van der Waals surface area contributed by atoms with Crippen LogP contribution in [-0.4, -0.2) is 47.3 Å². The Morgan fingerprint density at radius 2 is 2.14 bits per heavy atom. The highest BCUT2D eigenvalue weighted by Gasteiger charge is 2.21. The van der Waals surface area contributed by atoms with E-state index in [2.05, 4.69) is 20.0 Å². The molecule has 0 aliphatic rings. The summed E-state index contributed by atoms with van der Waals surface area (Å²) in [7, 11) is 4.37. The molecule has 21 heavy (non-hydrogen) atoms. The molecule has 0 aliphatic heterocycles. The van der Waals surface area contributed by atoms with E-state index in [-0.39, 0.29) is 12.3 Å². The number of hydrogen-bond acceptors (Lipinski definition) is 7. The summed E-state index contributed by atoms with van der Waals surface area (Å²) in [4.78, 5) is 15.8. The number of rotatable bonds is 6. The third kappa shape index (κ3) is 3.16. The van der Waals surface area contributed by atoms with Crippen LogP contribution in [0.3, 0.4) is 0 Å². The van der Waals surface area contributed by atoms with Crippen LogP contribution in [0.4, 0.5) is 0 Å². The number of carbonyl (C=O) groups is 1. The van der Waals surface area contributed by atoms with E-state index in [4.69, 9.17) is 9.47 Å². The molecule has 2 aromatic heterocycles. The van der Waals surface area contributed by atoms with Crippen LogP contribution in [0.1, 0.15) is 21.7 Å². The van der Waals surface area contributed by atoms with E-state index in [0.717, 1.165) is 5.56 Å². The van der Waals surface area contributed by atoms with Gasteiger partial charge >= 0.3 is 5.97 Å². The number of methoxy groups -OCH3 is 3. The van der Waals surface area contributed by atoms with E-state index in [0.29, 0.717) is 18.1 Å². The van der Waals surface area contributed by atoms with Crippen LogP contribution in [0.25, 0.3) is 0 Å². The summed E-state index contributed by atoms with van der Waals surface area (Å²) in [5.41, 5.74) is 1.50. The van der Waals surface area contributed by atoms with E-state index in [1.54, 1.807) is 24.1 Å². The maximum absolute atomic E-state index is 11.7. The number of ether oxygens (including phenoxy) is 3. The fraction of sp³-hybridized carbons (Fsp3) is 0.385. The summed E-state index contributed by atoms with van der Waals surface area (Å²) in [6.07, 6.45) is 1.64. The highest BCUT2D eigenvalue weighted by molar-refractivity contribution is 5.88. The molecule has 0 saturated heterocycles. The second-order valence-electron chi connectivity index (χ2n) is 4.14.